The summed E-state index contributed by atoms with van der Waals surface area (Å²) in [6.07, 6.45) is 2.92. The van der Waals surface area contributed by atoms with Gasteiger partial charge >= 0.3 is 0 Å². The molecule has 1 aromatic heterocycles. The van der Waals surface area contributed by atoms with Crippen LogP contribution in [0.1, 0.15) is 12.6 Å². The Kier molecular flexibility index (Phi) is 5.11. The number of aromatic nitrogens is 1. The van der Waals surface area contributed by atoms with E-state index < -0.39 is 0 Å². The maximum absolute atomic E-state index is 5.71. The highest BCUT2D eigenvalue weighted by Gasteiger charge is 2.19. The molecule has 0 amide bonds. The predicted molar refractivity (Wildman–Crippen MR) is 74.5 cm³/mol. The largest absolute Gasteiger partial charge is 0.329 e. The first kappa shape index (κ1) is 13.5. The molecule has 1 unspecified atom stereocenters. The van der Waals surface area contributed by atoms with E-state index in [0.717, 1.165) is 45.7 Å². The van der Waals surface area contributed by atoms with E-state index in [2.05, 4.69) is 33.8 Å². The lowest BCUT2D eigenvalue weighted by molar-refractivity contribution is 0.106. The van der Waals surface area contributed by atoms with Crippen molar-refractivity contribution in [2.75, 3.05) is 39.3 Å². The monoisotopic (exact) mass is 248 g/mol. The van der Waals surface area contributed by atoms with E-state index in [4.69, 9.17) is 5.73 Å². The van der Waals surface area contributed by atoms with Crippen LogP contribution in [0.2, 0.25) is 0 Å². The van der Waals surface area contributed by atoms with Crippen molar-refractivity contribution >= 4 is 0 Å². The number of hydrogen-bond acceptors (Lipinski definition) is 4. The molecule has 1 fully saturated rings. The zero-order valence-corrected chi connectivity index (χ0v) is 11.3. The first-order valence-corrected chi connectivity index (χ1v) is 6.86. The molecule has 0 aliphatic carbocycles. The molecule has 100 valence electrons. The second-order valence-electron chi connectivity index (χ2n) is 5.03. The molecule has 4 heteroatoms. The van der Waals surface area contributed by atoms with Crippen LogP contribution in [-0.2, 0) is 6.42 Å². The number of nitrogens with two attached hydrogens (primary N) is 1. The Bertz CT molecular complexity index is 333. The Balaban J connectivity index is 1.71. The van der Waals surface area contributed by atoms with Crippen LogP contribution >= 0.6 is 0 Å². The van der Waals surface area contributed by atoms with Gasteiger partial charge in [0.1, 0.15) is 0 Å². The highest BCUT2D eigenvalue weighted by Crippen LogP contribution is 2.06. The topological polar surface area (TPSA) is 45.4 Å². The van der Waals surface area contributed by atoms with Crippen molar-refractivity contribution in [2.45, 2.75) is 19.4 Å². The van der Waals surface area contributed by atoms with Gasteiger partial charge in [-0.1, -0.05) is 6.07 Å². The van der Waals surface area contributed by atoms with Gasteiger partial charge in [-0.3, -0.25) is 9.88 Å². The normalized spacial score (nSPS) is 19.9. The summed E-state index contributed by atoms with van der Waals surface area (Å²) < 4.78 is 0. The molecule has 1 aromatic rings. The van der Waals surface area contributed by atoms with Gasteiger partial charge in [-0.15, -0.1) is 0 Å². The van der Waals surface area contributed by atoms with E-state index in [1.807, 2.05) is 12.3 Å². The third kappa shape index (κ3) is 3.77. The summed E-state index contributed by atoms with van der Waals surface area (Å²) in [5.41, 5.74) is 6.90. The summed E-state index contributed by atoms with van der Waals surface area (Å²) in [4.78, 5) is 9.37. The van der Waals surface area contributed by atoms with Crippen LogP contribution in [0.3, 0.4) is 0 Å². The molecule has 18 heavy (non-hydrogen) atoms. The van der Waals surface area contributed by atoms with Crippen LogP contribution in [-0.4, -0.2) is 60.1 Å². The summed E-state index contributed by atoms with van der Waals surface area (Å²) in [6.45, 7) is 8.66. The smallest absolute Gasteiger partial charge is 0.0416 e. The van der Waals surface area contributed by atoms with Crippen molar-refractivity contribution in [3.05, 3.63) is 30.1 Å². The SMILES string of the molecule is CC(CN)N1CCN(CCc2ccccn2)CC1. The van der Waals surface area contributed by atoms with E-state index in [9.17, 15) is 0 Å². The average Bonchev–Trinajstić information content (AvgIpc) is 2.46. The maximum atomic E-state index is 5.71. The first-order valence-electron chi connectivity index (χ1n) is 6.86. The summed E-state index contributed by atoms with van der Waals surface area (Å²) >= 11 is 0. The van der Waals surface area contributed by atoms with E-state index in [1.165, 1.54) is 5.69 Å². The van der Waals surface area contributed by atoms with Crippen LogP contribution in [0.15, 0.2) is 24.4 Å². The molecule has 1 saturated heterocycles. The van der Waals surface area contributed by atoms with Gasteiger partial charge in [-0.25, -0.2) is 0 Å². The molecule has 0 spiro atoms. The van der Waals surface area contributed by atoms with Crippen molar-refractivity contribution in [3.63, 3.8) is 0 Å². The Labute approximate surface area is 110 Å². The Hall–Kier alpha value is -0.970. The van der Waals surface area contributed by atoms with Crippen LogP contribution in [0.25, 0.3) is 0 Å². The lowest BCUT2D eigenvalue weighted by Gasteiger charge is -2.37. The van der Waals surface area contributed by atoms with Gasteiger partial charge in [0.15, 0.2) is 0 Å². The van der Waals surface area contributed by atoms with Gasteiger partial charge in [0, 0.05) is 63.6 Å². The van der Waals surface area contributed by atoms with E-state index in [-0.39, 0.29) is 0 Å². The molecule has 0 radical (unpaired) electrons. The second-order valence-corrected chi connectivity index (χ2v) is 5.03. The van der Waals surface area contributed by atoms with Crippen LogP contribution < -0.4 is 5.73 Å². The van der Waals surface area contributed by atoms with Crippen LogP contribution in [0.4, 0.5) is 0 Å². The molecule has 4 nitrogen and oxygen atoms in total. The van der Waals surface area contributed by atoms with Crippen molar-refractivity contribution in [1.82, 2.24) is 14.8 Å². The number of pyridine rings is 1. The number of nitrogens with zero attached hydrogens (tertiary/aromatic N) is 3. The lowest BCUT2D eigenvalue weighted by atomic mass is 10.2. The van der Waals surface area contributed by atoms with Gasteiger partial charge in [0.05, 0.1) is 0 Å². The molecule has 2 heterocycles. The highest BCUT2D eigenvalue weighted by molar-refractivity contribution is 5.03. The number of rotatable bonds is 5. The van der Waals surface area contributed by atoms with Gasteiger partial charge in [0.25, 0.3) is 0 Å². The first-order chi connectivity index (χ1) is 8.79. The zero-order chi connectivity index (χ0) is 12.8. The van der Waals surface area contributed by atoms with Crippen molar-refractivity contribution in [1.29, 1.82) is 0 Å². The minimum atomic E-state index is 0.517. The third-order valence-electron chi connectivity index (χ3n) is 3.78. The highest BCUT2D eigenvalue weighted by atomic mass is 15.3. The fraction of sp³-hybridized carbons (Fsp3) is 0.643. The van der Waals surface area contributed by atoms with E-state index in [0.29, 0.717) is 6.04 Å². The molecule has 2 rings (SSSR count). The fourth-order valence-corrected chi connectivity index (χ4v) is 2.40. The molecule has 0 bridgehead atoms. The summed E-state index contributed by atoms with van der Waals surface area (Å²) in [7, 11) is 0. The Morgan fingerprint density at radius 3 is 2.67 bits per heavy atom. The van der Waals surface area contributed by atoms with E-state index in [1.54, 1.807) is 0 Å². The Morgan fingerprint density at radius 1 is 1.28 bits per heavy atom. The van der Waals surface area contributed by atoms with Gasteiger partial charge in [0.2, 0.25) is 0 Å². The van der Waals surface area contributed by atoms with Crippen LogP contribution in [0.5, 0.6) is 0 Å². The van der Waals surface area contributed by atoms with Crippen molar-refractivity contribution < 1.29 is 0 Å². The molecule has 0 saturated carbocycles. The van der Waals surface area contributed by atoms with Gasteiger partial charge < -0.3 is 10.6 Å². The predicted octanol–water partition coefficient (Wildman–Crippen LogP) is 0.589. The fourth-order valence-electron chi connectivity index (χ4n) is 2.40. The summed E-state index contributed by atoms with van der Waals surface area (Å²) in [5, 5.41) is 0. The molecule has 0 aromatic carbocycles. The summed E-state index contributed by atoms with van der Waals surface area (Å²) in [5.74, 6) is 0. The standard InChI is InChI=1S/C14H24N4/c1-13(12-15)18-10-8-17(9-11-18)7-5-14-4-2-3-6-16-14/h2-4,6,13H,5,7-12,15H2,1H3. The van der Waals surface area contributed by atoms with Gasteiger partial charge in [-0.05, 0) is 19.1 Å². The van der Waals surface area contributed by atoms with Crippen LogP contribution in [0, 0.1) is 0 Å². The zero-order valence-electron chi connectivity index (χ0n) is 11.3. The number of piperazine rings is 1. The second kappa shape index (κ2) is 6.83. The summed E-state index contributed by atoms with van der Waals surface area (Å²) in [6, 6.07) is 6.65. The minimum Gasteiger partial charge on any atom is -0.329 e. The maximum Gasteiger partial charge on any atom is 0.0416 e. The number of hydrogen-bond donors (Lipinski definition) is 1. The van der Waals surface area contributed by atoms with E-state index >= 15 is 0 Å². The quantitative estimate of drug-likeness (QED) is 0.828. The molecule has 2 N–H and O–H groups in total. The molecular formula is C14H24N4. The van der Waals surface area contributed by atoms with Crippen molar-refractivity contribution in [3.8, 4) is 0 Å². The third-order valence-corrected chi connectivity index (χ3v) is 3.78. The minimum absolute atomic E-state index is 0.517. The lowest BCUT2D eigenvalue weighted by Crippen LogP contribution is -2.51. The molecule has 1 aliphatic rings. The molecule has 1 atom stereocenters. The molecule has 1 aliphatic heterocycles. The van der Waals surface area contributed by atoms with Gasteiger partial charge in [-0.2, -0.15) is 0 Å². The van der Waals surface area contributed by atoms with Crippen molar-refractivity contribution in [2.24, 2.45) is 5.73 Å². The Morgan fingerprint density at radius 2 is 2.06 bits per heavy atom. The molecular weight excluding hydrogens is 224 g/mol. The average molecular weight is 248 g/mol.